The largest absolute Gasteiger partial charge is 0.497 e. The molecule has 0 saturated carbocycles. The Kier molecular flexibility index (Phi) is 7.24. The van der Waals surface area contributed by atoms with Crippen LogP contribution in [-0.2, 0) is 11.3 Å². The van der Waals surface area contributed by atoms with Gasteiger partial charge in [-0.15, -0.1) is 0 Å². The van der Waals surface area contributed by atoms with Crippen molar-refractivity contribution in [2.24, 2.45) is 0 Å². The summed E-state index contributed by atoms with van der Waals surface area (Å²) in [6, 6.07) is 15.5. The maximum atomic E-state index is 12.5. The average Bonchev–Trinajstić information content (AvgIpc) is 3.23. The minimum absolute atomic E-state index is 0.101. The van der Waals surface area contributed by atoms with Crippen LogP contribution in [0.5, 0.6) is 11.5 Å². The molecule has 2 aromatic carbocycles. The third kappa shape index (κ3) is 5.40. The number of halogens is 2. The fourth-order valence-electron chi connectivity index (χ4n) is 2.82. The van der Waals surface area contributed by atoms with Gasteiger partial charge < -0.3 is 19.2 Å². The van der Waals surface area contributed by atoms with Crippen molar-refractivity contribution in [3.05, 3.63) is 75.5 Å². The number of carbonyl (C=O) groups excluding carboxylic acids is 1. The maximum absolute atomic E-state index is 12.5. The summed E-state index contributed by atoms with van der Waals surface area (Å²) in [6.07, 6.45) is 1.37. The van der Waals surface area contributed by atoms with Crippen LogP contribution in [0.4, 0.5) is 0 Å². The molecular weight excluding hydrogens is 439 g/mol. The van der Waals surface area contributed by atoms with Gasteiger partial charge in [-0.05, 0) is 42.5 Å². The Labute approximate surface area is 189 Å². The van der Waals surface area contributed by atoms with Gasteiger partial charge in [0.05, 0.1) is 19.2 Å². The van der Waals surface area contributed by atoms with Crippen LogP contribution in [0.1, 0.15) is 11.3 Å². The molecule has 0 aliphatic rings. The van der Waals surface area contributed by atoms with Crippen LogP contribution in [0.25, 0.3) is 17.4 Å². The second kappa shape index (κ2) is 10.1. The molecule has 0 atom stereocenters. The van der Waals surface area contributed by atoms with Gasteiger partial charge >= 0.3 is 0 Å². The molecule has 0 aliphatic carbocycles. The van der Waals surface area contributed by atoms with E-state index in [9.17, 15) is 10.1 Å². The number of methoxy groups -OCH3 is 2. The fraction of sp³-hybridized carbons (Fsp3) is 0.130. The number of benzene rings is 2. The van der Waals surface area contributed by atoms with E-state index in [0.29, 0.717) is 38.6 Å². The molecule has 0 radical (unpaired) electrons. The molecule has 0 saturated heterocycles. The van der Waals surface area contributed by atoms with Crippen molar-refractivity contribution in [2.45, 2.75) is 6.54 Å². The van der Waals surface area contributed by atoms with E-state index in [0.717, 1.165) is 5.56 Å². The van der Waals surface area contributed by atoms with Crippen molar-refractivity contribution >= 4 is 35.2 Å². The second-order valence-corrected chi connectivity index (χ2v) is 7.20. The molecular formula is C23H18Cl2N2O4. The van der Waals surface area contributed by atoms with Crippen molar-refractivity contribution < 1.29 is 18.7 Å². The number of ether oxygens (including phenoxy) is 2. The van der Waals surface area contributed by atoms with Gasteiger partial charge in [0.1, 0.15) is 34.7 Å². The Morgan fingerprint density at radius 2 is 1.94 bits per heavy atom. The lowest BCUT2D eigenvalue weighted by Crippen LogP contribution is -2.24. The summed E-state index contributed by atoms with van der Waals surface area (Å²) < 4.78 is 16.2. The third-order valence-electron chi connectivity index (χ3n) is 4.41. The number of nitriles is 1. The van der Waals surface area contributed by atoms with Crippen molar-refractivity contribution in [3.63, 3.8) is 0 Å². The molecule has 6 nitrogen and oxygen atoms in total. The number of furan rings is 1. The van der Waals surface area contributed by atoms with E-state index in [1.54, 1.807) is 55.6 Å². The smallest absolute Gasteiger partial charge is 0.262 e. The number of carbonyl (C=O) groups is 1. The zero-order chi connectivity index (χ0) is 22.4. The van der Waals surface area contributed by atoms with E-state index < -0.39 is 5.91 Å². The number of nitrogens with zero attached hydrogens (tertiary/aromatic N) is 1. The highest BCUT2D eigenvalue weighted by atomic mass is 35.5. The Morgan fingerprint density at radius 1 is 1.13 bits per heavy atom. The van der Waals surface area contributed by atoms with Crippen LogP contribution < -0.4 is 14.8 Å². The summed E-state index contributed by atoms with van der Waals surface area (Å²) in [5.74, 6) is 1.50. The van der Waals surface area contributed by atoms with Crippen molar-refractivity contribution in [1.29, 1.82) is 5.26 Å². The lowest BCUT2D eigenvalue weighted by atomic mass is 10.1. The molecule has 31 heavy (non-hydrogen) atoms. The van der Waals surface area contributed by atoms with Crippen LogP contribution in [0.15, 0.2) is 58.5 Å². The van der Waals surface area contributed by atoms with Crippen LogP contribution in [-0.4, -0.2) is 20.1 Å². The molecule has 0 spiro atoms. The highest BCUT2D eigenvalue weighted by Crippen LogP contribution is 2.32. The summed E-state index contributed by atoms with van der Waals surface area (Å²) in [7, 11) is 3.09. The van der Waals surface area contributed by atoms with Gasteiger partial charge in [0.15, 0.2) is 0 Å². The lowest BCUT2D eigenvalue weighted by Gasteiger charge is -2.11. The molecule has 0 fully saturated rings. The summed E-state index contributed by atoms with van der Waals surface area (Å²) in [6.45, 7) is 0.175. The van der Waals surface area contributed by atoms with Crippen molar-refractivity contribution in [3.8, 4) is 28.9 Å². The maximum Gasteiger partial charge on any atom is 0.262 e. The Morgan fingerprint density at radius 3 is 2.61 bits per heavy atom. The average molecular weight is 457 g/mol. The summed E-state index contributed by atoms with van der Waals surface area (Å²) in [5.41, 5.74) is 1.29. The highest BCUT2D eigenvalue weighted by molar-refractivity contribution is 6.36. The molecule has 158 valence electrons. The molecule has 0 aliphatic heterocycles. The zero-order valence-corrected chi connectivity index (χ0v) is 18.3. The molecule has 1 aromatic heterocycles. The fourth-order valence-corrected chi connectivity index (χ4v) is 3.33. The molecule has 1 heterocycles. The monoisotopic (exact) mass is 456 g/mol. The summed E-state index contributed by atoms with van der Waals surface area (Å²) >= 11 is 12.1. The van der Waals surface area contributed by atoms with Crippen LogP contribution in [0.2, 0.25) is 10.0 Å². The first-order valence-electron chi connectivity index (χ1n) is 9.11. The number of nitrogens with one attached hydrogen (secondary N) is 1. The lowest BCUT2D eigenvalue weighted by molar-refractivity contribution is -0.117. The summed E-state index contributed by atoms with van der Waals surface area (Å²) in [5, 5.41) is 13.1. The van der Waals surface area contributed by atoms with Gasteiger partial charge in [-0.2, -0.15) is 5.26 Å². The third-order valence-corrected chi connectivity index (χ3v) is 4.96. The van der Waals surface area contributed by atoms with E-state index >= 15 is 0 Å². The first-order chi connectivity index (χ1) is 14.9. The normalized spacial score (nSPS) is 11.0. The molecule has 1 amide bonds. The number of hydrogen-bond acceptors (Lipinski definition) is 5. The highest BCUT2D eigenvalue weighted by Gasteiger charge is 2.14. The predicted molar refractivity (Wildman–Crippen MR) is 119 cm³/mol. The molecule has 3 rings (SSSR count). The number of hydrogen-bond donors (Lipinski definition) is 1. The van der Waals surface area contributed by atoms with Gasteiger partial charge in [-0.25, -0.2) is 0 Å². The van der Waals surface area contributed by atoms with E-state index in [-0.39, 0.29) is 12.1 Å². The minimum atomic E-state index is -0.539. The zero-order valence-electron chi connectivity index (χ0n) is 16.7. The topological polar surface area (TPSA) is 84.5 Å². The first kappa shape index (κ1) is 22.3. The number of rotatable bonds is 7. The van der Waals surface area contributed by atoms with E-state index in [4.69, 9.17) is 37.1 Å². The van der Waals surface area contributed by atoms with Gasteiger partial charge in [0.25, 0.3) is 5.91 Å². The first-order valence-corrected chi connectivity index (χ1v) is 9.87. The van der Waals surface area contributed by atoms with Crippen molar-refractivity contribution in [1.82, 2.24) is 5.32 Å². The summed E-state index contributed by atoms with van der Waals surface area (Å²) in [4.78, 5) is 12.5. The van der Waals surface area contributed by atoms with Gasteiger partial charge in [0.2, 0.25) is 0 Å². The number of amides is 1. The Bertz CT molecular complexity index is 1180. The SMILES string of the molecule is COc1ccc(CNC(=O)/C(C#N)=C/c2ccc(-c3ccc(Cl)cc3Cl)o2)c(OC)c1. The molecule has 0 bridgehead atoms. The van der Waals surface area contributed by atoms with Gasteiger partial charge in [0, 0.05) is 34.8 Å². The van der Waals surface area contributed by atoms with Crippen molar-refractivity contribution in [2.75, 3.05) is 14.2 Å². The van der Waals surface area contributed by atoms with Gasteiger partial charge in [-0.1, -0.05) is 23.2 Å². The molecule has 3 aromatic rings. The van der Waals surface area contributed by atoms with Crippen LogP contribution >= 0.6 is 23.2 Å². The van der Waals surface area contributed by atoms with E-state index in [1.165, 1.54) is 13.2 Å². The molecule has 8 heteroatoms. The second-order valence-electron chi connectivity index (χ2n) is 6.36. The quantitative estimate of drug-likeness (QED) is 0.375. The minimum Gasteiger partial charge on any atom is -0.497 e. The van der Waals surface area contributed by atoms with E-state index in [1.807, 2.05) is 6.07 Å². The standard InChI is InChI=1S/C23H18Cl2N2O4/c1-29-17-5-3-14(22(11-17)30-2)13-27-23(28)15(12-26)9-18-6-8-21(31-18)19-7-4-16(24)10-20(19)25/h3-11H,13H2,1-2H3,(H,27,28)/b15-9+. The van der Waals surface area contributed by atoms with Gasteiger partial charge in [-0.3, -0.25) is 4.79 Å². The molecule has 0 unspecified atom stereocenters. The Balaban J connectivity index is 1.74. The predicted octanol–water partition coefficient (Wildman–Crippen LogP) is 5.49. The molecule has 1 N–H and O–H groups in total. The van der Waals surface area contributed by atoms with Crippen LogP contribution in [0.3, 0.4) is 0 Å². The van der Waals surface area contributed by atoms with E-state index in [2.05, 4.69) is 5.32 Å². The Hall–Kier alpha value is -3.40. The van der Waals surface area contributed by atoms with Crippen LogP contribution in [0, 0.1) is 11.3 Å².